The van der Waals surface area contributed by atoms with Crippen molar-refractivity contribution in [1.29, 1.82) is 0 Å². The molecule has 0 aliphatic rings. The van der Waals surface area contributed by atoms with Gasteiger partial charge in [0.15, 0.2) is 5.13 Å². The molecular weight excluding hydrogens is 392 g/mol. The molecule has 26 heavy (non-hydrogen) atoms. The van der Waals surface area contributed by atoms with E-state index in [1.807, 2.05) is 25.1 Å². The minimum atomic E-state index is -3.82. The van der Waals surface area contributed by atoms with Crippen molar-refractivity contribution in [3.8, 4) is 0 Å². The number of thiazole rings is 1. The summed E-state index contributed by atoms with van der Waals surface area (Å²) in [5.41, 5.74) is 2.59. The number of aliphatic hydroxyl groups is 1. The van der Waals surface area contributed by atoms with Gasteiger partial charge >= 0.3 is 0 Å². The number of aliphatic hydroxyl groups excluding tert-OH is 1. The van der Waals surface area contributed by atoms with Crippen molar-refractivity contribution < 1.29 is 13.5 Å². The summed E-state index contributed by atoms with van der Waals surface area (Å²) < 4.78 is 27.7. The number of aryl methyl sites for hydroxylation is 1. The number of anilines is 1. The molecule has 3 aromatic rings. The molecule has 136 valence electrons. The molecule has 0 saturated heterocycles. The van der Waals surface area contributed by atoms with E-state index in [9.17, 15) is 13.5 Å². The maximum absolute atomic E-state index is 12.6. The average molecular weight is 409 g/mol. The molecule has 0 spiro atoms. The zero-order chi connectivity index (χ0) is 18.9. The molecule has 1 atom stereocenters. The van der Waals surface area contributed by atoms with Crippen LogP contribution in [0.5, 0.6) is 0 Å². The van der Waals surface area contributed by atoms with Gasteiger partial charge < -0.3 is 5.11 Å². The molecule has 1 aromatic heterocycles. The van der Waals surface area contributed by atoms with Crippen LogP contribution in [-0.4, -0.2) is 18.5 Å². The van der Waals surface area contributed by atoms with Crippen LogP contribution >= 0.6 is 22.9 Å². The van der Waals surface area contributed by atoms with Gasteiger partial charge in [0.1, 0.15) is 6.10 Å². The number of hydrogen-bond donors (Lipinski definition) is 2. The van der Waals surface area contributed by atoms with E-state index in [0.29, 0.717) is 21.8 Å². The van der Waals surface area contributed by atoms with Gasteiger partial charge in [-0.25, -0.2) is 13.4 Å². The van der Waals surface area contributed by atoms with Gasteiger partial charge in [0.2, 0.25) is 0 Å². The quantitative estimate of drug-likeness (QED) is 0.659. The first-order chi connectivity index (χ1) is 12.3. The monoisotopic (exact) mass is 408 g/mol. The van der Waals surface area contributed by atoms with Crippen LogP contribution in [0.4, 0.5) is 5.13 Å². The van der Waals surface area contributed by atoms with Crippen LogP contribution < -0.4 is 4.72 Å². The Kier molecular flexibility index (Phi) is 5.34. The molecule has 2 aromatic carbocycles. The first kappa shape index (κ1) is 18.8. The zero-order valence-electron chi connectivity index (χ0n) is 14.1. The molecule has 0 radical (unpaired) electrons. The molecular formula is C18H17ClN2O3S2. The van der Waals surface area contributed by atoms with Crippen LogP contribution in [0.2, 0.25) is 5.02 Å². The summed E-state index contributed by atoms with van der Waals surface area (Å²) in [4.78, 5) is 4.32. The van der Waals surface area contributed by atoms with E-state index >= 15 is 0 Å². The van der Waals surface area contributed by atoms with Crippen LogP contribution in [0.15, 0.2) is 52.7 Å². The molecule has 3 rings (SSSR count). The molecule has 1 heterocycles. The number of halogens is 1. The molecule has 0 amide bonds. The summed E-state index contributed by atoms with van der Waals surface area (Å²) in [7, 11) is -3.82. The van der Waals surface area contributed by atoms with Gasteiger partial charge in [-0.15, -0.1) is 11.3 Å². The zero-order valence-corrected chi connectivity index (χ0v) is 16.5. The predicted molar refractivity (Wildman–Crippen MR) is 104 cm³/mol. The fraction of sp³-hybridized carbons (Fsp3) is 0.167. The Morgan fingerprint density at radius 2 is 1.92 bits per heavy atom. The van der Waals surface area contributed by atoms with Gasteiger partial charge in [-0.3, -0.25) is 4.72 Å². The van der Waals surface area contributed by atoms with Crippen LogP contribution in [0.25, 0.3) is 0 Å². The molecule has 0 saturated carbocycles. The predicted octanol–water partition coefficient (Wildman–Crippen LogP) is 4.30. The van der Waals surface area contributed by atoms with Crippen molar-refractivity contribution in [3.05, 3.63) is 75.3 Å². The van der Waals surface area contributed by atoms with E-state index in [1.165, 1.54) is 6.07 Å². The molecule has 1 unspecified atom stereocenters. The Bertz CT molecular complexity index is 1050. The van der Waals surface area contributed by atoms with Gasteiger partial charge in [0.05, 0.1) is 10.6 Å². The number of nitrogens with zero attached hydrogens (tertiary/aromatic N) is 1. The van der Waals surface area contributed by atoms with Gasteiger partial charge in [0, 0.05) is 10.4 Å². The number of hydrogen-bond acceptors (Lipinski definition) is 5. The molecule has 0 aliphatic heterocycles. The first-order valence-corrected chi connectivity index (χ1v) is 10.5. The van der Waals surface area contributed by atoms with Crippen LogP contribution in [0.3, 0.4) is 0 Å². The van der Waals surface area contributed by atoms with Crippen molar-refractivity contribution in [3.63, 3.8) is 0 Å². The standard InChI is InChI=1S/C18H17ClN2O3S2/c1-11-5-3-6-13(9-11)17(22)15-10-25-18(20-15)21-26(23,24)16-8-4-7-14(19)12(16)2/h3-10,17,22H,1-2H3,(H,20,21). The number of aromatic nitrogens is 1. The molecule has 0 aliphatic carbocycles. The lowest BCUT2D eigenvalue weighted by Crippen LogP contribution is -2.14. The number of nitrogens with one attached hydrogen (secondary N) is 1. The van der Waals surface area contributed by atoms with Gasteiger partial charge in [0.25, 0.3) is 10.0 Å². The SMILES string of the molecule is Cc1cccc(C(O)c2csc(NS(=O)(=O)c3cccc(Cl)c3C)n2)c1. The molecule has 5 nitrogen and oxygen atoms in total. The number of sulfonamides is 1. The molecule has 2 N–H and O–H groups in total. The summed E-state index contributed by atoms with van der Waals surface area (Å²) in [6.07, 6.45) is -0.919. The third-order valence-electron chi connectivity index (χ3n) is 3.89. The van der Waals surface area contributed by atoms with Crippen molar-refractivity contribution in [2.24, 2.45) is 0 Å². The Labute approximate surface area is 161 Å². The highest BCUT2D eigenvalue weighted by Crippen LogP contribution is 2.29. The molecule has 0 fully saturated rings. The van der Waals surface area contributed by atoms with E-state index in [-0.39, 0.29) is 10.0 Å². The van der Waals surface area contributed by atoms with Crippen molar-refractivity contribution >= 4 is 38.1 Å². The Hall–Kier alpha value is -1.93. The van der Waals surface area contributed by atoms with E-state index in [4.69, 9.17) is 11.6 Å². The smallest absolute Gasteiger partial charge is 0.263 e. The first-order valence-electron chi connectivity index (χ1n) is 7.76. The maximum atomic E-state index is 12.6. The average Bonchev–Trinajstić information content (AvgIpc) is 3.04. The summed E-state index contributed by atoms with van der Waals surface area (Å²) in [6, 6.07) is 12.2. The van der Waals surface area contributed by atoms with E-state index in [1.54, 1.807) is 30.5 Å². The third kappa shape index (κ3) is 3.91. The van der Waals surface area contributed by atoms with Crippen molar-refractivity contribution in [2.45, 2.75) is 24.8 Å². The fourth-order valence-electron chi connectivity index (χ4n) is 2.52. The Morgan fingerprint density at radius 3 is 2.65 bits per heavy atom. The lowest BCUT2D eigenvalue weighted by atomic mass is 10.1. The van der Waals surface area contributed by atoms with Gasteiger partial charge in [-0.05, 0) is 37.1 Å². The fourth-order valence-corrected chi connectivity index (χ4v) is 5.00. The van der Waals surface area contributed by atoms with E-state index < -0.39 is 16.1 Å². The second-order valence-corrected chi connectivity index (χ2v) is 8.78. The van der Waals surface area contributed by atoms with Crippen LogP contribution in [0, 0.1) is 13.8 Å². The molecule has 8 heteroatoms. The van der Waals surface area contributed by atoms with Crippen molar-refractivity contribution in [1.82, 2.24) is 4.98 Å². The van der Waals surface area contributed by atoms with Crippen molar-refractivity contribution in [2.75, 3.05) is 4.72 Å². The molecule has 0 bridgehead atoms. The van der Waals surface area contributed by atoms with Crippen LogP contribution in [-0.2, 0) is 10.0 Å². The van der Waals surface area contributed by atoms with E-state index in [0.717, 1.165) is 16.9 Å². The lowest BCUT2D eigenvalue weighted by molar-refractivity contribution is 0.216. The second-order valence-electron chi connectivity index (χ2n) is 5.86. The van der Waals surface area contributed by atoms with Gasteiger partial charge in [-0.1, -0.05) is 47.5 Å². The largest absolute Gasteiger partial charge is 0.382 e. The summed E-state index contributed by atoms with van der Waals surface area (Å²) in [5.74, 6) is 0. The van der Waals surface area contributed by atoms with Crippen LogP contribution in [0.1, 0.15) is 28.5 Å². The second kappa shape index (κ2) is 7.36. The minimum Gasteiger partial charge on any atom is -0.382 e. The van der Waals surface area contributed by atoms with E-state index in [2.05, 4.69) is 9.71 Å². The lowest BCUT2D eigenvalue weighted by Gasteiger charge is -2.10. The summed E-state index contributed by atoms with van der Waals surface area (Å²) in [6.45, 7) is 3.58. The number of benzene rings is 2. The maximum Gasteiger partial charge on any atom is 0.263 e. The normalized spacial score (nSPS) is 12.8. The topological polar surface area (TPSA) is 79.3 Å². The number of rotatable bonds is 5. The highest BCUT2D eigenvalue weighted by molar-refractivity contribution is 7.93. The minimum absolute atomic E-state index is 0.0981. The summed E-state index contributed by atoms with van der Waals surface area (Å²) in [5, 5.41) is 12.7. The Balaban J connectivity index is 1.85. The highest BCUT2D eigenvalue weighted by Gasteiger charge is 2.21. The third-order valence-corrected chi connectivity index (χ3v) is 6.69. The highest BCUT2D eigenvalue weighted by atomic mass is 35.5. The summed E-state index contributed by atoms with van der Waals surface area (Å²) >= 11 is 7.12. The van der Waals surface area contributed by atoms with Gasteiger partial charge in [-0.2, -0.15) is 0 Å². The Morgan fingerprint density at radius 1 is 1.19 bits per heavy atom.